The van der Waals surface area contributed by atoms with Gasteiger partial charge in [0.2, 0.25) is 5.76 Å². The minimum atomic E-state index is -0.639. The second kappa shape index (κ2) is 7.11. The molecule has 0 saturated carbocycles. The normalized spacial score (nSPS) is 15.6. The maximum atomic E-state index is 13.5. The molecule has 6 nitrogen and oxygen atoms in total. The molecule has 0 saturated heterocycles. The Morgan fingerprint density at radius 1 is 1.20 bits per heavy atom. The molecule has 0 unspecified atom stereocenters. The third-order valence-electron chi connectivity index (χ3n) is 5.14. The molecule has 0 radical (unpaired) electrons. The van der Waals surface area contributed by atoms with Gasteiger partial charge < -0.3 is 9.15 Å². The number of hydrogen-bond donors (Lipinski definition) is 0. The van der Waals surface area contributed by atoms with Gasteiger partial charge in [-0.3, -0.25) is 14.5 Å². The molecular formula is C23H18N2O4S. The van der Waals surface area contributed by atoms with Crippen LogP contribution >= 0.6 is 11.3 Å². The van der Waals surface area contributed by atoms with Crippen molar-refractivity contribution in [1.82, 2.24) is 4.98 Å². The van der Waals surface area contributed by atoms with Gasteiger partial charge in [0.1, 0.15) is 11.3 Å². The van der Waals surface area contributed by atoms with Crippen LogP contribution in [0.4, 0.5) is 5.13 Å². The molecule has 7 heteroatoms. The largest absolute Gasteiger partial charge is 0.494 e. The van der Waals surface area contributed by atoms with Crippen molar-refractivity contribution in [2.45, 2.75) is 19.9 Å². The number of rotatable bonds is 4. The fraction of sp³-hybridized carbons (Fsp3) is 0.174. The molecular weight excluding hydrogens is 400 g/mol. The van der Waals surface area contributed by atoms with Crippen LogP contribution in [0.1, 0.15) is 40.2 Å². The first kappa shape index (κ1) is 18.6. The van der Waals surface area contributed by atoms with Gasteiger partial charge in [0.05, 0.1) is 23.6 Å². The van der Waals surface area contributed by atoms with E-state index in [1.54, 1.807) is 23.7 Å². The molecule has 0 spiro atoms. The van der Waals surface area contributed by atoms with E-state index in [0.717, 1.165) is 11.1 Å². The van der Waals surface area contributed by atoms with Gasteiger partial charge in [-0.25, -0.2) is 4.98 Å². The first-order valence-electron chi connectivity index (χ1n) is 9.61. The fourth-order valence-corrected chi connectivity index (χ4v) is 4.54. The summed E-state index contributed by atoms with van der Waals surface area (Å²) < 4.78 is 11.6. The quantitative estimate of drug-likeness (QED) is 0.480. The van der Waals surface area contributed by atoms with Crippen LogP contribution in [-0.2, 0) is 0 Å². The summed E-state index contributed by atoms with van der Waals surface area (Å²) in [6.45, 7) is 4.35. The molecule has 0 aliphatic carbocycles. The number of amides is 1. The highest BCUT2D eigenvalue weighted by molar-refractivity contribution is 7.13. The van der Waals surface area contributed by atoms with Gasteiger partial charge in [0, 0.05) is 11.6 Å². The predicted molar refractivity (Wildman–Crippen MR) is 116 cm³/mol. The van der Waals surface area contributed by atoms with E-state index in [1.165, 1.54) is 16.2 Å². The Kier molecular flexibility index (Phi) is 4.40. The van der Waals surface area contributed by atoms with E-state index in [1.807, 2.05) is 44.2 Å². The molecule has 0 N–H and O–H groups in total. The van der Waals surface area contributed by atoms with Gasteiger partial charge in [0.15, 0.2) is 10.6 Å². The van der Waals surface area contributed by atoms with Crippen molar-refractivity contribution in [1.29, 1.82) is 0 Å². The molecule has 1 atom stereocenters. The average Bonchev–Trinajstić information content (AvgIpc) is 3.36. The summed E-state index contributed by atoms with van der Waals surface area (Å²) >= 11 is 1.34. The first-order valence-corrected chi connectivity index (χ1v) is 10.5. The van der Waals surface area contributed by atoms with Crippen LogP contribution in [0.25, 0.3) is 11.0 Å². The Balaban J connectivity index is 1.80. The Bertz CT molecular complexity index is 1330. The van der Waals surface area contributed by atoms with E-state index in [0.29, 0.717) is 34.0 Å². The van der Waals surface area contributed by atoms with Crippen LogP contribution in [0.5, 0.6) is 5.75 Å². The van der Waals surface area contributed by atoms with E-state index in [4.69, 9.17) is 9.15 Å². The number of carbonyl (C=O) groups excluding carboxylic acids is 1. The Labute approximate surface area is 176 Å². The van der Waals surface area contributed by atoms with Gasteiger partial charge in [-0.05, 0) is 43.7 Å². The molecule has 1 aliphatic heterocycles. The molecule has 4 aromatic rings. The minimum absolute atomic E-state index is 0.0679. The lowest BCUT2D eigenvalue weighted by Gasteiger charge is -2.23. The lowest BCUT2D eigenvalue weighted by molar-refractivity contribution is 0.0971. The summed E-state index contributed by atoms with van der Waals surface area (Å²) in [5, 5.41) is 2.78. The molecule has 2 aromatic carbocycles. The lowest BCUT2D eigenvalue weighted by Crippen LogP contribution is -2.29. The van der Waals surface area contributed by atoms with E-state index < -0.39 is 6.04 Å². The monoisotopic (exact) mass is 418 g/mol. The number of fused-ring (bicyclic) bond motifs is 2. The number of anilines is 1. The predicted octanol–water partition coefficient (Wildman–Crippen LogP) is 4.71. The summed E-state index contributed by atoms with van der Waals surface area (Å²) in [6, 6.07) is 12.2. The SMILES string of the molecule is CCOc1cccc([C@@H]2c3c(oc4ccc(C)cc4c3=O)C(=O)N2c2nccs2)c1. The number of nitrogens with zero attached hydrogens (tertiary/aromatic N) is 2. The molecule has 1 amide bonds. The zero-order valence-electron chi connectivity index (χ0n) is 16.4. The standard InChI is InChI=1S/C23H18N2O4S/c1-3-28-15-6-4-5-14(12-15)19-18-20(26)16-11-13(2)7-8-17(16)29-21(18)22(27)25(19)23-24-9-10-30-23/h4-12,19H,3H2,1-2H3/t19-/m1/s1. The fourth-order valence-electron chi connectivity index (χ4n) is 3.88. The maximum Gasteiger partial charge on any atom is 0.297 e. The summed E-state index contributed by atoms with van der Waals surface area (Å²) in [7, 11) is 0. The van der Waals surface area contributed by atoms with E-state index in [9.17, 15) is 9.59 Å². The zero-order chi connectivity index (χ0) is 20.8. The number of carbonyl (C=O) groups is 1. The summed E-state index contributed by atoms with van der Waals surface area (Å²) in [5.41, 5.74) is 2.25. The molecule has 0 fully saturated rings. The Morgan fingerprint density at radius 2 is 2.07 bits per heavy atom. The van der Waals surface area contributed by atoms with Crippen LogP contribution < -0.4 is 15.1 Å². The average molecular weight is 418 g/mol. The lowest BCUT2D eigenvalue weighted by atomic mass is 9.98. The van der Waals surface area contributed by atoms with Gasteiger partial charge in [-0.15, -0.1) is 11.3 Å². The number of benzene rings is 2. The van der Waals surface area contributed by atoms with Gasteiger partial charge in [0.25, 0.3) is 5.91 Å². The van der Waals surface area contributed by atoms with Crippen LogP contribution in [0.3, 0.4) is 0 Å². The van der Waals surface area contributed by atoms with Gasteiger partial charge >= 0.3 is 0 Å². The highest BCUT2D eigenvalue weighted by Crippen LogP contribution is 2.42. The Morgan fingerprint density at radius 3 is 2.83 bits per heavy atom. The van der Waals surface area contributed by atoms with Crippen LogP contribution in [-0.4, -0.2) is 17.5 Å². The highest BCUT2D eigenvalue weighted by Gasteiger charge is 2.44. The van der Waals surface area contributed by atoms with Crippen LogP contribution in [0, 0.1) is 6.92 Å². The first-order chi connectivity index (χ1) is 14.6. The molecule has 30 heavy (non-hydrogen) atoms. The molecule has 150 valence electrons. The van der Waals surface area contributed by atoms with Gasteiger partial charge in [-0.1, -0.05) is 23.8 Å². The van der Waals surface area contributed by atoms with Crippen molar-refractivity contribution >= 4 is 33.3 Å². The van der Waals surface area contributed by atoms with Crippen molar-refractivity contribution in [3.63, 3.8) is 0 Å². The number of ether oxygens (including phenoxy) is 1. The zero-order valence-corrected chi connectivity index (χ0v) is 17.2. The van der Waals surface area contributed by atoms with E-state index >= 15 is 0 Å². The minimum Gasteiger partial charge on any atom is -0.494 e. The highest BCUT2D eigenvalue weighted by atomic mass is 32.1. The van der Waals surface area contributed by atoms with Crippen LogP contribution in [0.2, 0.25) is 0 Å². The summed E-state index contributed by atoms with van der Waals surface area (Å²) in [4.78, 5) is 32.8. The van der Waals surface area contributed by atoms with E-state index in [-0.39, 0.29) is 17.1 Å². The topological polar surface area (TPSA) is 72.6 Å². The van der Waals surface area contributed by atoms with Crippen molar-refractivity contribution < 1.29 is 13.9 Å². The van der Waals surface area contributed by atoms with Crippen molar-refractivity contribution in [2.75, 3.05) is 11.5 Å². The second-order valence-electron chi connectivity index (χ2n) is 7.07. The maximum absolute atomic E-state index is 13.5. The molecule has 1 aliphatic rings. The van der Waals surface area contributed by atoms with E-state index in [2.05, 4.69) is 4.98 Å². The number of hydrogen-bond acceptors (Lipinski definition) is 6. The third kappa shape index (κ3) is 2.81. The number of thiazole rings is 1. The summed E-state index contributed by atoms with van der Waals surface area (Å²) in [5.74, 6) is 0.376. The smallest absolute Gasteiger partial charge is 0.297 e. The number of aryl methyl sites for hydroxylation is 1. The third-order valence-corrected chi connectivity index (χ3v) is 5.91. The molecule has 3 heterocycles. The van der Waals surface area contributed by atoms with Crippen molar-refractivity contribution in [3.8, 4) is 5.75 Å². The van der Waals surface area contributed by atoms with Crippen molar-refractivity contribution in [2.24, 2.45) is 0 Å². The van der Waals surface area contributed by atoms with Crippen molar-refractivity contribution in [3.05, 3.63) is 86.7 Å². The van der Waals surface area contributed by atoms with Crippen LogP contribution in [0.15, 0.2) is 63.3 Å². The molecule has 5 rings (SSSR count). The number of aromatic nitrogens is 1. The molecule has 2 aromatic heterocycles. The molecule has 0 bridgehead atoms. The van der Waals surface area contributed by atoms with Gasteiger partial charge in [-0.2, -0.15) is 0 Å². The summed E-state index contributed by atoms with van der Waals surface area (Å²) in [6.07, 6.45) is 1.64. The second-order valence-corrected chi connectivity index (χ2v) is 7.94. The Hall–Kier alpha value is -3.45.